The second-order valence-corrected chi connectivity index (χ2v) is 6.36. The number of carbonyl (C=O) groups excluding carboxylic acids is 1. The number of carbonyl (C=O) groups is 1. The molecule has 0 spiro atoms. The molecule has 1 amide bonds. The van der Waals surface area contributed by atoms with Crippen LogP contribution in [0.25, 0.3) is 0 Å². The van der Waals surface area contributed by atoms with Crippen molar-refractivity contribution in [3.63, 3.8) is 0 Å². The molecule has 1 fully saturated rings. The molecule has 108 valence electrons. The number of rotatable bonds is 4. The second kappa shape index (κ2) is 5.70. The Kier molecular flexibility index (Phi) is 3.92. The van der Waals surface area contributed by atoms with Crippen LogP contribution in [-0.2, 0) is 5.41 Å². The first-order valence-corrected chi connectivity index (χ1v) is 7.64. The highest BCUT2D eigenvalue weighted by Crippen LogP contribution is 2.48. The van der Waals surface area contributed by atoms with E-state index in [2.05, 4.69) is 11.4 Å². The third-order valence-electron chi connectivity index (χ3n) is 3.96. The fourth-order valence-corrected chi connectivity index (χ4v) is 2.90. The van der Waals surface area contributed by atoms with Gasteiger partial charge in [0.25, 0.3) is 5.91 Å². The number of hydrogen-bond donors (Lipinski definition) is 1. The van der Waals surface area contributed by atoms with Gasteiger partial charge in [-0.3, -0.25) is 4.79 Å². The summed E-state index contributed by atoms with van der Waals surface area (Å²) < 4.78 is 0. The van der Waals surface area contributed by atoms with Crippen molar-refractivity contribution in [2.24, 2.45) is 0 Å². The lowest BCUT2D eigenvalue weighted by atomic mass is 9.96. The van der Waals surface area contributed by atoms with Crippen molar-refractivity contribution >= 4 is 29.1 Å². The van der Waals surface area contributed by atoms with Crippen LogP contribution >= 0.6 is 23.2 Å². The van der Waals surface area contributed by atoms with E-state index >= 15 is 0 Å². The summed E-state index contributed by atoms with van der Waals surface area (Å²) in [6.45, 7) is 0.624. The molecule has 2 aromatic carbocycles. The standard InChI is InChI=1S/C17H15Cl2NO/c18-14-5-1-3-12(9-14)16(21)20-11-17(7-8-17)13-4-2-6-15(19)10-13/h1-6,9-10H,7-8,11H2,(H,20,21). The number of nitrogens with one attached hydrogen (secondary N) is 1. The van der Waals surface area contributed by atoms with Crippen LogP contribution in [0.5, 0.6) is 0 Å². The van der Waals surface area contributed by atoms with Crippen LogP contribution in [0.1, 0.15) is 28.8 Å². The molecule has 0 aromatic heterocycles. The maximum atomic E-state index is 12.2. The third-order valence-corrected chi connectivity index (χ3v) is 4.43. The molecule has 2 nitrogen and oxygen atoms in total. The minimum Gasteiger partial charge on any atom is -0.351 e. The zero-order valence-corrected chi connectivity index (χ0v) is 12.9. The van der Waals surface area contributed by atoms with Gasteiger partial charge in [-0.05, 0) is 48.7 Å². The molecule has 21 heavy (non-hydrogen) atoms. The Balaban J connectivity index is 1.69. The smallest absolute Gasteiger partial charge is 0.251 e. The molecule has 0 aliphatic heterocycles. The van der Waals surface area contributed by atoms with Gasteiger partial charge in [0.05, 0.1) is 0 Å². The number of benzene rings is 2. The van der Waals surface area contributed by atoms with Crippen LogP contribution in [0.2, 0.25) is 10.0 Å². The van der Waals surface area contributed by atoms with E-state index in [-0.39, 0.29) is 11.3 Å². The minimum atomic E-state index is -0.0918. The number of halogens is 2. The summed E-state index contributed by atoms with van der Waals surface area (Å²) in [6, 6.07) is 14.9. The first-order valence-electron chi connectivity index (χ1n) is 6.89. The monoisotopic (exact) mass is 319 g/mol. The van der Waals surface area contributed by atoms with Gasteiger partial charge >= 0.3 is 0 Å². The lowest BCUT2D eigenvalue weighted by Gasteiger charge is -2.17. The molecule has 0 atom stereocenters. The van der Waals surface area contributed by atoms with E-state index in [0.29, 0.717) is 17.1 Å². The zero-order chi connectivity index (χ0) is 14.9. The average Bonchev–Trinajstić information content (AvgIpc) is 3.26. The molecule has 0 radical (unpaired) electrons. The van der Waals surface area contributed by atoms with Crippen LogP contribution in [0.4, 0.5) is 0 Å². The number of hydrogen-bond acceptors (Lipinski definition) is 1. The summed E-state index contributed by atoms with van der Waals surface area (Å²) in [5, 5.41) is 4.31. The molecule has 1 aliphatic rings. The molecule has 1 aliphatic carbocycles. The van der Waals surface area contributed by atoms with E-state index in [9.17, 15) is 4.79 Å². The Bertz CT molecular complexity index is 680. The van der Waals surface area contributed by atoms with E-state index in [0.717, 1.165) is 17.9 Å². The fourth-order valence-electron chi connectivity index (χ4n) is 2.52. The van der Waals surface area contributed by atoms with Gasteiger partial charge in [-0.25, -0.2) is 0 Å². The first-order chi connectivity index (χ1) is 10.1. The van der Waals surface area contributed by atoms with Gasteiger partial charge in [-0.1, -0.05) is 41.4 Å². The maximum absolute atomic E-state index is 12.2. The van der Waals surface area contributed by atoms with Gasteiger partial charge in [0, 0.05) is 27.6 Å². The number of amides is 1. The summed E-state index contributed by atoms with van der Waals surface area (Å²) in [6.07, 6.45) is 2.15. The van der Waals surface area contributed by atoms with Crippen LogP contribution < -0.4 is 5.32 Å². The lowest BCUT2D eigenvalue weighted by Crippen LogP contribution is -2.32. The molecule has 1 saturated carbocycles. The highest BCUT2D eigenvalue weighted by molar-refractivity contribution is 6.31. The van der Waals surface area contributed by atoms with Crippen molar-refractivity contribution in [1.29, 1.82) is 0 Å². The Morgan fingerprint density at radius 3 is 2.33 bits per heavy atom. The van der Waals surface area contributed by atoms with E-state index < -0.39 is 0 Å². The topological polar surface area (TPSA) is 29.1 Å². The van der Waals surface area contributed by atoms with Crippen molar-refractivity contribution < 1.29 is 4.79 Å². The van der Waals surface area contributed by atoms with E-state index in [1.807, 2.05) is 18.2 Å². The summed E-state index contributed by atoms with van der Waals surface area (Å²) in [7, 11) is 0. The fraction of sp³-hybridized carbons (Fsp3) is 0.235. The molecular weight excluding hydrogens is 305 g/mol. The summed E-state index contributed by atoms with van der Waals surface area (Å²) in [4.78, 5) is 12.2. The van der Waals surface area contributed by atoms with Crippen LogP contribution in [0, 0.1) is 0 Å². The summed E-state index contributed by atoms with van der Waals surface area (Å²) >= 11 is 12.0. The second-order valence-electron chi connectivity index (χ2n) is 5.48. The van der Waals surface area contributed by atoms with Crippen LogP contribution in [0.15, 0.2) is 48.5 Å². The molecule has 1 N–H and O–H groups in total. The Labute approximate surface area is 134 Å². The van der Waals surface area contributed by atoms with Gasteiger partial charge < -0.3 is 5.32 Å². The van der Waals surface area contributed by atoms with E-state index in [1.54, 1.807) is 24.3 Å². The third kappa shape index (κ3) is 3.22. The van der Waals surface area contributed by atoms with Crippen molar-refractivity contribution in [2.75, 3.05) is 6.54 Å². The highest BCUT2D eigenvalue weighted by Gasteiger charge is 2.44. The summed E-state index contributed by atoms with van der Waals surface area (Å²) in [5.41, 5.74) is 1.82. The van der Waals surface area contributed by atoms with Crippen molar-refractivity contribution in [3.05, 3.63) is 69.7 Å². The van der Waals surface area contributed by atoms with Crippen molar-refractivity contribution in [3.8, 4) is 0 Å². The Morgan fingerprint density at radius 2 is 1.71 bits per heavy atom. The van der Waals surface area contributed by atoms with Gasteiger partial charge in [-0.2, -0.15) is 0 Å². The van der Waals surface area contributed by atoms with Crippen molar-refractivity contribution in [2.45, 2.75) is 18.3 Å². The van der Waals surface area contributed by atoms with E-state index in [1.165, 1.54) is 5.56 Å². The molecule has 2 aromatic rings. The SMILES string of the molecule is O=C(NCC1(c2cccc(Cl)c2)CC1)c1cccc(Cl)c1. The normalized spacial score (nSPS) is 15.5. The summed E-state index contributed by atoms with van der Waals surface area (Å²) in [5.74, 6) is -0.0918. The van der Waals surface area contributed by atoms with Crippen LogP contribution in [0.3, 0.4) is 0 Å². The van der Waals surface area contributed by atoms with Gasteiger partial charge in [0.1, 0.15) is 0 Å². The Morgan fingerprint density at radius 1 is 1.05 bits per heavy atom. The zero-order valence-electron chi connectivity index (χ0n) is 11.4. The van der Waals surface area contributed by atoms with E-state index in [4.69, 9.17) is 23.2 Å². The molecule has 0 heterocycles. The van der Waals surface area contributed by atoms with Gasteiger partial charge in [-0.15, -0.1) is 0 Å². The first kappa shape index (κ1) is 14.4. The van der Waals surface area contributed by atoms with Crippen LogP contribution in [-0.4, -0.2) is 12.5 Å². The molecule has 3 rings (SSSR count). The largest absolute Gasteiger partial charge is 0.351 e. The molecular formula is C17H15Cl2NO. The molecule has 4 heteroatoms. The predicted octanol–water partition coefficient (Wildman–Crippen LogP) is 4.46. The molecule has 0 unspecified atom stereocenters. The van der Waals surface area contributed by atoms with Gasteiger partial charge in [0.2, 0.25) is 0 Å². The minimum absolute atomic E-state index is 0.0408. The van der Waals surface area contributed by atoms with Crippen molar-refractivity contribution in [1.82, 2.24) is 5.32 Å². The predicted molar refractivity (Wildman–Crippen MR) is 86.1 cm³/mol. The highest BCUT2D eigenvalue weighted by atomic mass is 35.5. The lowest BCUT2D eigenvalue weighted by molar-refractivity contribution is 0.0949. The quantitative estimate of drug-likeness (QED) is 0.886. The van der Waals surface area contributed by atoms with Gasteiger partial charge in [0.15, 0.2) is 0 Å². The maximum Gasteiger partial charge on any atom is 0.251 e. The molecule has 0 saturated heterocycles. The molecule has 0 bridgehead atoms. The Hall–Kier alpha value is -1.51. The average molecular weight is 320 g/mol.